The Labute approximate surface area is 118 Å². The first-order valence-corrected chi connectivity index (χ1v) is 6.63. The Bertz CT molecular complexity index is 557. The predicted molar refractivity (Wildman–Crippen MR) is 83.6 cm³/mol. The third kappa shape index (κ3) is 3.79. The van der Waals surface area contributed by atoms with Gasteiger partial charge in [-0.2, -0.15) is 5.10 Å². The second-order valence-electron chi connectivity index (χ2n) is 4.73. The summed E-state index contributed by atoms with van der Waals surface area (Å²) in [5, 5.41) is 10.9. The van der Waals surface area contributed by atoms with E-state index in [1.807, 2.05) is 31.4 Å². The van der Waals surface area contributed by atoms with Gasteiger partial charge in [-0.05, 0) is 35.8 Å². The smallest absolute Gasteiger partial charge is 0.176 e. The van der Waals surface area contributed by atoms with Crippen LogP contribution in [-0.4, -0.2) is 14.9 Å². The second-order valence-corrected chi connectivity index (χ2v) is 5.14. The van der Waals surface area contributed by atoms with Gasteiger partial charge in [-0.3, -0.25) is 4.68 Å². The maximum absolute atomic E-state index is 5.24. The zero-order valence-electron chi connectivity index (χ0n) is 11.3. The third-order valence-corrected chi connectivity index (χ3v) is 2.99. The molecule has 0 aliphatic rings. The zero-order valence-corrected chi connectivity index (χ0v) is 12.2. The van der Waals surface area contributed by atoms with Gasteiger partial charge < -0.3 is 10.6 Å². The standard InChI is InChI=1S/C14H18N4S/c1-10(2)11-4-6-12(7-5-11)15-14(19)16-13-8-9-18(3)17-13/h4-10H,1-3H3,(H2,15,16,17,19). The van der Waals surface area contributed by atoms with Gasteiger partial charge in [0.2, 0.25) is 0 Å². The van der Waals surface area contributed by atoms with Gasteiger partial charge >= 0.3 is 0 Å². The van der Waals surface area contributed by atoms with Crippen LogP contribution in [0.15, 0.2) is 36.5 Å². The Morgan fingerprint density at radius 3 is 2.37 bits per heavy atom. The van der Waals surface area contributed by atoms with Crippen molar-refractivity contribution in [3.05, 3.63) is 42.1 Å². The molecule has 0 aliphatic heterocycles. The van der Waals surface area contributed by atoms with Crippen molar-refractivity contribution in [1.82, 2.24) is 9.78 Å². The average molecular weight is 274 g/mol. The first kappa shape index (κ1) is 13.5. The van der Waals surface area contributed by atoms with Crippen molar-refractivity contribution in [2.24, 2.45) is 7.05 Å². The summed E-state index contributed by atoms with van der Waals surface area (Å²) >= 11 is 5.24. The van der Waals surface area contributed by atoms with E-state index in [-0.39, 0.29) is 0 Å². The second kappa shape index (κ2) is 5.84. The van der Waals surface area contributed by atoms with E-state index in [1.165, 1.54) is 5.56 Å². The molecule has 2 rings (SSSR count). The molecule has 0 unspecified atom stereocenters. The zero-order chi connectivity index (χ0) is 13.8. The van der Waals surface area contributed by atoms with Crippen LogP contribution in [0.25, 0.3) is 0 Å². The largest absolute Gasteiger partial charge is 0.332 e. The van der Waals surface area contributed by atoms with Gasteiger partial charge in [-0.1, -0.05) is 26.0 Å². The van der Waals surface area contributed by atoms with Crippen molar-refractivity contribution >= 4 is 28.8 Å². The molecule has 5 heteroatoms. The molecule has 0 spiro atoms. The molecule has 0 atom stereocenters. The number of hydrogen-bond acceptors (Lipinski definition) is 2. The number of rotatable bonds is 3. The first-order chi connectivity index (χ1) is 9.04. The highest BCUT2D eigenvalue weighted by Crippen LogP contribution is 2.17. The molecule has 19 heavy (non-hydrogen) atoms. The lowest BCUT2D eigenvalue weighted by atomic mass is 10.0. The van der Waals surface area contributed by atoms with Crippen molar-refractivity contribution < 1.29 is 0 Å². The summed E-state index contributed by atoms with van der Waals surface area (Å²) in [4.78, 5) is 0. The molecule has 1 heterocycles. The molecular weight excluding hydrogens is 256 g/mol. The Morgan fingerprint density at radius 2 is 1.84 bits per heavy atom. The lowest BCUT2D eigenvalue weighted by Gasteiger charge is -2.10. The Morgan fingerprint density at radius 1 is 1.16 bits per heavy atom. The predicted octanol–water partition coefficient (Wildman–Crippen LogP) is 3.35. The minimum Gasteiger partial charge on any atom is -0.332 e. The van der Waals surface area contributed by atoms with Crippen LogP contribution >= 0.6 is 12.2 Å². The van der Waals surface area contributed by atoms with Gasteiger partial charge in [-0.25, -0.2) is 0 Å². The summed E-state index contributed by atoms with van der Waals surface area (Å²) in [6, 6.07) is 10.1. The lowest BCUT2D eigenvalue weighted by molar-refractivity contribution is 0.772. The molecule has 0 radical (unpaired) electrons. The minimum atomic E-state index is 0.535. The number of anilines is 2. The fraction of sp³-hybridized carbons (Fsp3) is 0.286. The Kier molecular flexibility index (Phi) is 4.16. The molecule has 0 saturated heterocycles. The van der Waals surface area contributed by atoms with Crippen LogP contribution < -0.4 is 10.6 Å². The molecule has 4 nitrogen and oxygen atoms in total. The summed E-state index contributed by atoms with van der Waals surface area (Å²) in [7, 11) is 1.87. The summed E-state index contributed by atoms with van der Waals surface area (Å²) in [6.07, 6.45) is 1.86. The molecule has 0 saturated carbocycles. The molecule has 2 aromatic rings. The van der Waals surface area contributed by atoms with E-state index in [0.29, 0.717) is 11.0 Å². The number of nitrogens with zero attached hydrogens (tertiary/aromatic N) is 2. The Hall–Kier alpha value is -1.88. The van der Waals surface area contributed by atoms with E-state index < -0.39 is 0 Å². The van der Waals surface area contributed by atoms with Crippen LogP contribution in [0.2, 0.25) is 0 Å². The van der Waals surface area contributed by atoms with Gasteiger partial charge in [0.05, 0.1) is 0 Å². The van der Waals surface area contributed by atoms with Crippen LogP contribution in [0.1, 0.15) is 25.3 Å². The van der Waals surface area contributed by atoms with E-state index in [2.05, 4.69) is 41.7 Å². The topological polar surface area (TPSA) is 41.9 Å². The molecule has 2 N–H and O–H groups in total. The average Bonchev–Trinajstić information content (AvgIpc) is 2.75. The van der Waals surface area contributed by atoms with Crippen LogP contribution in [0.5, 0.6) is 0 Å². The van der Waals surface area contributed by atoms with Crippen molar-refractivity contribution in [3.63, 3.8) is 0 Å². The molecule has 0 bridgehead atoms. The summed E-state index contributed by atoms with van der Waals surface area (Å²) in [5.41, 5.74) is 2.28. The fourth-order valence-corrected chi connectivity index (χ4v) is 1.93. The number of nitrogens with one attached hydrogen (secondary N) is 2. The van der Waals surface area contributed by atoms with Crippen LogP contribution in [0.4, 0.5) is 11.5 Å². The Balaban J connectivity index is 1.95. The maximum Gasteiger partial charge on any atom is 0.176 e. The van der Waals surface area contributed by atoms with Crippen molar-refractivity contribution in [2.75, 3.05) is 10.6 Å². The van der Waals surface area contributed by atoms with Gasteiger partial charge in [0.1, 0.15) is 0 Å². The monoisotopic (exact) mass is 274 g/mol. The van der Waals surface area contributed by atoms with Crippen molar-refractivity contribution in [1.29, 1.82) is 0 Å². The van der Waals surface area contributed by atoms with Gasteiger partial charge in [0.15, 0.2) is 10.9 Å². The molecule has 0 aliphatic carbocycles. The fourth-order valence-electron chi connectivity index (χ4n) is 1.71. The van der Waals surface area contributed by atoms with E-state index >= 15 is 0 Å². The van der Waals surface area contributed by atoms with Crippen molar-refractivity contribution in [2.45, 2.75) is 19.8 Å². The summed E-state index contributed by atoms with van der Waals surface area (Å²) in [6.45, 7) is 4.35. The number of aryl methyl sites for hydroxylation is 1. The van der Waals surface area contributed by atoms with Gasteiger partial charge in [0, 0.05) is 25.0 Å². The molecular formula is C14H18N4S. The molecule has 100 valence electrons. The number of thiocarbonyl (C=S) groups is 1. The quantitative estimate of drug-likeness (QED) is 0.842. The molecule has 0 fully saturated rings. The number of aromatic nitrogens is 2. The summed E-state index contributed by atoms with van der Waals surface area (Å²) in [5.74, 6) is 1.27. The first-order valence-electron chi connectivity index (χ1n) is 6.22. The third-order valence-electron chi connectivity index (χ3n) is 2.79. The number of benzene rings is 1. The van der Waals surface area contributed by atoms with E-state index in [4.69, 9.17) is 12.2 Å². The van der Waals surface area contributed by atoms with Crippen molar-refractivity contribution in [3.8, 4) is 0 Å². The minimum absolute atomic E-state index is 0.535. The van der Waals surface area contributed by atoms with E-state index in [9.17, 15) is 0 Å². The highest BCUT2D eigenvalue weighted by molar-refractivity contribution is 7.80. The highest BCUT2D eigenvalue weighted by Gasteiger charge is 2.02. The van der Waals surface area contributed by atoms with Crippen LogP contribution in [-0.2, 0) is 7.05 Å². The van der Waals surface area contributed by atoms with Gasteiger partial charge in [0.25, 0.3) is 0 Å². The van der Waals surface area contributed by atoms with E-state index in [0.717, 1.165) is 11.5 Å². The molecule has 0 amide bonds. The number of hydrogen-bond donors (Lipinski definition) is 2. The molecule has 1 aromatic heterocycles. The van der Waals surface area contributed by atoms with Crippen LogP contribution in [0, 0.1) is 0 Å². The SMILES string of the molecule is CC(C)c1ccc(NC(=S)Nc2ccn(C)n2)cc1. The van der Waals surface area contributed by atoms with Gasteiger partial charge in [-0.15, -0.1) is 0 Å². The molecule has 1 aromatic carbocycles. The van der Waals surface area contributed by atoms with E-state index in [1.54, 1.807) is 4.68 Å². The summed E-state index contributed by atoms with van der Waals surface area (Å²) < 4.78 is 1.72. The lowest BCUT2D eigenvalue weighted by Crippen LogP contribution is -2.19. The maximum atomic E-state index is 5.24. The normalized spacial score (nSPS) is 10.5. The highest BCUT2D eigenvalue weighted by atomic mass is 32.1. The van der Waals surface area contributed by atoms with Crippen LogP contribution in [0.3, 0.4) is 0 Å².